The summed E-state index contributed by atoms with van der Waals surface area (Å²) in [4.78, 5) is 13.0. The first-order valence-electron chi connectivity index (χ1n) is 7.21. The summed E-state index contributed by atoms with van der Waals surface area (Å²) in [5.74, 6) is 0.110. The Bertz CT molecular complexity index is 463. The number of aromatic nitrogens is 3. The van der Waals surface area contributed by atoms with Gasteiger partial charge in [0, 0.05) is 19.1 Å². The molecule has 7 heteroatoms. The SMILES string of the molecule is CCCn1c(SCC(=O)O)nnc1N1CCCC1CC. The molecule has 1 fully saturated rings. The van der Waals surface area contributed by atoms with Crippen LogP contribution in [0.2, 0.25) is 0 Å². The summed E-state index contributed by atoms with van der Waals surface area (Å²) in [6, 6.07) is 0.534. The van der Waals surface area contributed by atoms with Gasteiger partial charge < -0.3 is 10.0 Å². The number of carboxylic acids is 1. The largest absolute Gasteiger partial charge is 0.481 e. The molecule has 0 spiro atoms. The Balaban J connectivity index is 2.21. The second-order valence-corrected chi connectivity index (χ2v) is 5.96. The number of hydrogen-bond donors (Lipinski definition) is 1. The van der Waals surface area contributed by atoms with Crippen molar-refractivity contribution in [3.8, 4) is 0 Å². The average Bonchev–Trinajstić information content (AvgIpc) is 3.02. The van der Waals surface area contributed by atoms with E-state index in [4.69, 9.17) is 5.11 Å². The van der Waals surface area contributed by atoms with E-state index in [2.05, 4.69) is 33.5 Å². The molecule has 0 radical (unpaired) electrons. The highest BCUT2D eigenvalue weighted by Gasteiger charge is 2.28. The van der Waals surface area contributed by atoms with E-state index in [0.717, 1.165) is 31.9 Å². The molecule has 0 aliphatic carbocycles. The first-order chi connectivity index (χ1) is 9.67. The van der Waals surface area contributed by atoms with Crippen LogP contribution in [0.1, 0.15) is 39.5 Å². The average molecular weight is 298 g/mol. The van der Waals surface area contributed by atoms with Gasteiger partial charge >= 0.3 is 5.97 Å². The van der Waals surface area contributed by atoms with E-state index in [-0.39, 0.29) is 5.75 Å². The van der Waals surface area contributed by atoms with Gasteiger partial charge in [-0.05, 0) is 25.7 Å². The van der Waals surface area contributed by atoms with E-state index in [1.807, 2.05) is 0 Å². The van der Waals surface area contributed by atoms with Crippen LogP contribution in [0.5, 0.6) is 0 Å². The van der Waals surface area contributed by atoms with Crippen molar-refractivity contribution in [3.05, 3.63) is 0 Å². The molecular weight excluding hydrogens is 276 g/mol. The highest BCUT2D eigenvalue weighted by atomic mass is 32.2. The minimum absolute atomic E-state index is 0.0268. The first-order valence-corrected chi connectivity index (χ1v) is 8.20. The third-order valence-electron chi connectivity index (χ3n) is 3.57. The number of thioether (sulfide) groups is 1. The van der Waals surface area contributed by atoms with Crippen LogP contribution in [-0.2, 0) is 11.3 Å². The van der Waals surface area contributed by atoms with Crippen LogP contribution >= 0.6 is 11.8 Å². The van der Waals surface area contributed by atoms with Gasteiger partial charge in [-0.1, -0.05) is 25.6 Å². The normalized spacial score (nSPS) is 18.7. The topological polar surface area (TPSA) is 71.2 Å². The van der Waals surface area contributed by atoms with E-state index in [1.54, 1.807) is 0 Å². The Hall–Kier alpha value is -1.24. The third-order valence-corrected chi connectivity index (χ3v) is 4.53. The van der Waals surface area contributed by atoms with E-state index in [0.29, 0.717) is 11.2 Å². The zero-order chi connectivity index (χ0) is 14.5. The smallest absolute Gasteiger partial charge is 0.313 e. The van der Waals surface area contributed by atoms with Crippen molar-refractivity contribution in [1.29, 1.82) is 0 Å². The summed E-state index contributed by atoms with van der Waals surface area (Å²) in [5, 5.41) is 18.0. The van der Waals surface area contributed by atoms with E-state index < -0.39 is 5.97 Å². The molecule has 1 aliphatic heterocycles. The Morgan fingerprint density at radius 2 is 2.25 bits per heavy atom. The molecule has 0 amide bonds. The van der Waals surface area contributed by atoms with Gasteiger partial charge in [0.25, 0.3) is 0 Å². The first kappa shape index (κ1) is 15.2. The summed E-state index contributed by atoms with van der Waals surface area (Å²) in [6.45, 7) is 6.15. The van der Waals surface area contributed by atoms with Gasteiger partial charge in [0.05, 0.1) is 5.75 Å². The minimum Gasteiger partial charge on any atom is -0.481 e. The molecule has 1 aromatic heterocycles. The van der Waals surface area contributed by atoms with Gasteiger partial charge in [0.1, 0.15) is 0 Å². The molecule has 1 N–H and O–H groups in total. The number of carbonyl (C=O) groups is 1. The second-order valence-electron chi connectivity index (χ2n) is 5.01. The summed E-state index contributed by atoms with van der Waals surface area (Å²) >= 11 is 1.25. The van der Waals surface area contributed by atoms with Crippen LogP contribution in [0, 0.1) is 0 Å². The van der Waals surface area contributed by atoms with E-state index >= 15 is 0 Å². The summed E-state index contributed by atoms with van der Waals surface area (Å²) in [7, 11) is 0. The van der Waals surface area contributed by atoms with Crippen molar-refractivity contribution in [2.45, 2.75) is 57.3 Å². The van der Waals surface area contributed by atoms with Gasteiger partial charge in [0.15, 0.2) is 5.16 Å². The Morgan fingerprint density at radius 1 is 1.45 bits per heavy atom. The molecule has 1 aliphatic rings. The standard InChI is InChI=1S/C13H22N4O2S/c1-3-7-17-12(16-8-5-6-10(16)4-2)14-15-13(17)20-9-11(18)19/h10H,3-9H2,1-2H3,(H,18,19). The molecule has 2 rings (SSSR count). The van der Waals surface area contributed by atoms with Gasteiger partial charge in [-0.3, -0.25) is 9.36 Å². The third kappa shape index (κ3) is 3.26. The lowest BCUT2D eigenvalue weighted by atomic mass is 10.2. The lowest BCUT2D eigenvalue weighted by Crippen LogP contribution is -2.31. The quantitative estimate of drug-likeness (QED) is 0.778. The van der Waals surface area contributed by atoms with Crippen molar-refractivity contribution in [2.75, 3.05) is 17.2 Å². The van der Waals surface area contributed by atoms with Crippen LogP contribution in [0.25, 0.3) is 0 Å². The van der Waals surface area contributed by atoms with Crippen molar-refractivity contribution in [1.82, 2.24) is 14.8 Å². The van der Waals surface area contributed by atoms with Crippen molar-refractivity contribution >= 4 is 23.7 Å². The monoisotopic (exact) mass is 298 g/mol. The minimum atomic E-state index is -0.824. The fourth-order valence-electron chi connectivity index (χ4n) is 2.67. The molecule has 1 aromatic rings. The van der Waals surface area contributed by atoms with Crippen molar-refractivity contribution in [3.63, 3.8) is 0 Å². The molecule has 6 nitrogen and oxygen atoms in total. The summed E-state index contributed by atoms with van der Waals surface area (Å²) in [6.07, 6.45) is 4.48. The number of nitrogens with zero attached hydrogens (tertiary/aromatic N) is 4. The zero-order valence-electron chi connectivity index (χ0n) is 12.1. The van der Waals surface area contributed by atoms with E-state index in [9.17, 15) is 4.79 Å². The molecule has 1 saturated heterocycles. The molecule has 2 heterocycles. The maximum Gasteiger partial charge on any atom is 0.313 e. The van der Waals surface area contributed by atoms with Gasteiger partial charge in [0.2, 0.25) is 5.95 Å². The van der Waals surface area contributed by atoms with Crippen LogP contribution in [-0.4, -0.2) is 44.2 Å². The molecule has 0 saturated carbocycles. The summed E-state index contributed by atoms with van der Waals surface area (Å²) < 4.78 is 2.07. The Labute approximate surface area is 123 Å². The molecule has 112 valence electrons. The predicted octanol–water partition coefficient (Wildman–Crippen LogP) is 2.24. The van der Waals surface area contributed by atoms with Crippen LogP contribution in [0.4, 0.5) is 5.95 Å². The van der Waals surface area contributed by atoms with Crippen LogP contribution < -0.4 is 4.90 Å². The Kier molecular flexibility index (Phi) is 5.28. The van der Waals surface area contributed by atoms with Crippen molar-refractivity contribution < 1.29 is 9.90 Å². The number of anilines is 1. The fourth-order valence-corrected chi connectivity index (χ4v) is 3.35. The van der Waals surface area contributed by atoms with Crippen LogP contribution in [0.15, 0.2) is 5.16 Å². The predicted molar refractivity (Wildman–Crippen MR) is 79.3 cm³/mol. The number of carboxylic acid groups (broad SMARTS) is 1. The number of aliphatic carboxylic acids is 1. The van der Waals surface area contributed by atoms with E-state index in [1.165, 1.54) is 24.6 Å². The lowest BCUT2D eigenvalue weighted by molar-refractivity contribution is -0.133. The maximum absolute atomic E-state index is 10.7. The van der Waals surface area contributed by atoms with Gasteiger partial charge in [-0.15, -0.1) is 10.2 Å². The molecule has 0 bridgehead atoms. The number of hydrogen-bond acceptors (Lipinski definition) is 5. The molecule has 1 atom stereocenters. The Morgan fingerprint density at radius 3 is 2.90 bits per heavy atom. The van der Waals surface area contributed by atoms with Crippen molar-refractivity contribution in [2.24, 2.45) is 0 Å². The zero-order valence-corrected chi connectivity index (χ0v) is 12.9. The molecular formula is C13H22N4O2S. The molecule has 1 unspecified atom stereocenters. The second kappa shape index (κ2) is 6.97. The maximum atomic E-state index is 10.7. The highest BCUT2D eigenvalue weighted by molar-refractivity contribution is 7.99. The number of rotatable bonds is 7. The van der Waals surface area contributed by atoms with Gasteiger partial charge in [-0.2, -0.15) is 0 Å². The van der Waals surface area contributed by atoms with Crippen LogP contribution in [0.3, 0.4) is 0 Å². The lowest BCUT2D eigenvalue weighted by Gasteiger charge is -2.25. The summed E-state index contributed by atoms with van der Waals surface area (Å²) in [5.41, 5.74) is 0. The van der Waals surface area contributed by atoms with Gasteiger partial charge in [-0.25, -0.2) is 0 Å². The molecule has 0 aromatic carbocycles. The molecule has 20 heavy (non-hydrogen) atoms. The highest BCUT2D eigenvalue weighted by Crippen LogP contribution is 2.29. The fraction of sp³-hybridized carbons (Fsp3) is 0.769.